The van der Waals surface area contributed by atoms with E-state index in [1.807, 2.05) is 0 Å². The van der Waals surface area contributed by atoms with Gasteiger partial charge in [-0.25, -0.2) is 0 Å². The van der Waals surface area contributed by atoms with Crippen molar-refractivity contribution in [3.8, 4) is 0 Å². The Labute approximate surface area is 91.3 Å². The maximum atomic E-state index is 10.5. The number of rotatable bonds is 0. The van der Waals surface area contributed by atoms with E-state index in [0.29, 0.717) is 0 Å². The Morgan fingerprint density at radius 2 is 2.07 bits per heavy atom. The van der Waals surface area contributed by atoms with Crippen molar-refractivity contribution in [1.29, 1.82) is 0 Å². The van der Waals surface area contributed by atoms with Gasteiger partial charge >= 0.3 is 0 Å². The van der Waals surface area contributed by atoms with Gasteiger partial charge in [0.15, 0.2) is 0 Å². The summed E-state index contributed by atoms with van der Waals surface area (Å²) in [5.41, 5.74) is 1.28. The Bertz CT molecular complexity index is 362. The Hall–Kier alpha value is -0.340. The molecule has 2 fully saturated rings. The fourth-order valence-corrected chi connectivity index (χ4v) is 4.49. The molecule has 2 aliphatic carbocycles. The molecule has 0 unspecified atom stereocenters. The smallest absolute Gasteiger partial charge is 0.0952 e. The molecule has 0 aromatic carbocycles. The van der Waals surface area contributed by atoms with Gasteiger partial charge in [-0.2, -0.15) is 0 Å². The maximum absolute atomic E-state index is 10.5. The zero-order chi connectivity index (χ0) is 11.1. The summed E-state index contributed by atoms with van der Waals surface area (Å²) >= 11 is 0. The van der Waals surface area contributed by atoms with Gasteiger partial charge in [0.05, 0.1) is 17.8 Å². The van der Waals surface area contributed by atoms with Crippen molar-refractivity contribution in [3.63, 3.8) is 0 Å². The Morgan fingerprint density at radius 1 is 1.40 bits per heavy atom. The van der Waals surface area contributed by atoms with Crippen LogP contribution in [0.2, 0.25) is 0 Å². The van der Waals surface area contributed by atoms with Crippen molar-refractivity contribution in [2.24, 2.45) is 10.8 Å². The highest BCUT2D eigenvalue weighted by atomic mass is 16.6. The molecule has 0 spiro atoms. The summed E-state index contributed by atoms with van der Waals surface area (Å²) in [6.45, 7) is 8.71. The van der Waals surface area contributed by atoms with Crippen molar-refractivity contribution in [2.75, 3.05) is 0 Å². The molecule has 84 valence electrons. The van der Waals surface area contributed by atoms with Crippen LogP contribution in [-0.2, 0) is 4.74 Å². The third-order valence-corrected chi connectivity index (χ3v) is 4.70. The summed E-state index contributed by atoms with van der Waals surface area (Å²) in [5, 5.41) is 10.5. The molecule has 0 aromatic rings. The fourth-order valence-electron chi connectivity index (χ4n) is 4.49. The molecule has 1 saturated carbocycles. The number of aliphatic hydroxyl groups is 1. The minimum atomic E-state index is -0.255. The van der Waals surface area contributed by atoms with E-state index in [1.54, 1.807) is 0 Å². The van der Waals surface area contributed by atoms with Crippen LogP contribution in [0.25, 0.3) is 0 Å². The van der Waals surface area contributed by atoms with E-state index in [-0.39, 0.29) is 28.6 Å². The second-order valence-corrected chi connectivity index (χ2v) is 6.57. The van der Waals surface area contributed by atoms with Crippen LogP contribution in [0, 0.1) is 10.8 Å². The Kier molecular flexibility index (Phi) is 1.53. The first kappa shape index (κ1) is 9.86. The van der Waals surface area contributed by atoms with Gasteiger partial charge in [0.2, 0.25) is 0 Å². The second-order valence-electron chi connectivity index (χ2n) is 6.57. The minimum Gasteiger partial charge on any atom is -0.392 e. The van der Waals surface area contributed by atoms with Gasteiger partial charge in [0.1, 0.15) is 0 Å². The SMILES string of the molecule is CC1=C[C@@]2(C)C[C@]3(C)O[C@@H]3[C@@](C)(C1)[C@@H]2O. The summed E-state index contributed by atoms with van der Waals surface area (Å²) in [4.78, 5) is 0. The summed E-state index contributed by atoms with van der Waals surface area (Å²) in [7, 11) is 0. The van der Waals surface area contributed by atoms with Gasteiger partial charge in [0, 0.05) is 10.8 Å². The molecule has 2 heteroatoms. The molecule has 3 aliphatic rings. The van der Waals surface area contributed by atoms with E-state index < -0.39 is 0 Å². The quantitative estimate of drug-likeness (QED) is 0.489. The number of hydrogen-bond acceptors (Lipinski definition) is 2. The van der Waals surface area contributed by atoms with Crippen LogP contribution in [0.5, 0.6) is 0 Å². The Morgan fingerprint density at radius 3 is 2.73 bits per heavy atom. The average Bonchev–Trinajstić information content (AvgIpc) is 2.71. The monoisotopic (exact) mass is 208 g/mol. The largest absolute Gasteiger partial charge is 0.392 e. The van der Waals surface area contributed by atoms with E-state index in [9.17, 15) is 5.11 Å². The van der Waals surface area contributed by atoms with Crippen molar-refractivity contribution in [2.45, 2.75) is 58.3 Å². The van der Waals surface area contributed by atoms with Crippen molar-refractivity contribution < 1.29 is 9.84 Å². The lowest BCUT2D eigenvalue weighted by Gasteiger charge is -2.51. The number of aliphatic hydroxyl groups excluding tert-OH is 1. The lowest BCUT2D eigenvalue weighted by atomic mass is 9.53. The molecule has 15 heavy (non-hydrogen) atoms. The van der Waals surface area contributed by atoms with E-state index in [1.165, 1.54) is 5.57 Å². The third kappa shape index (κ3) is 1.02. The first-order valence-electron chi connectivity index (χ1n) is 5.84. The highest BCUT2D eigenvalue weighted by Crippen LogP contribution is 2.66. The number of hydrogen-bond donors (Lipinski definition) is 1. The summed E-state index contributed by atoms with van der Waals surface area (Å²) < 4.78 is 5.87. The molecule has 1 aliphatic heterocycles. The van der Waals surface area contributed by atoms with Crippen LogP contribution in [0.1, 0.15) is 40.5 Å². The minimum absolute atomic E-state index is 0.0277. The number of fused-ring (bicyclic) bond motifs is 4. The standard InChI is InChI=1S/C13H20O2/c1-8-5-11(2)7-13(4)10(15-13)12(3,6-8)9(11)14/h5,9-10,14H,6-7H2,1-4H3/t9-,10-,11+,12+,13+/m1/s1. The van der Waals surface area contributed by atoms with Crippen molar-refractivity contribution >= 4 is 0 Å². The molecule has 1 N–H and O–H groups in total. The van der Waals surface area contributed by atoms with Crippen LogP contribution in [-0.4, -0.2) is 22.9 Å². The molecule has 1 heterocycles. The molecular weight excluding hydrogens is 188 g/mol. The Balaban J connectivity index is 2.13. The van der Waals surface area contributed by atoms with Crippen LogP contribution < -0.4 is 0 Å². The van der Waals surface area contributed by atoms with E-state index in [2.05, 4.69) is 33.8 Å². The van der Waals surface area contributed by atoms with E-state index in [0.717, 1.165) is 12.8 Å². The van der Waals surface area contributed by atoms with Crippen LogP contribution >= 0.6 is 0 Å². The topological polar surface area (TPSA) is 32.8 Å². The molecule has 2 nitrogen and oxygen atoms in total. The lowest BCUT2D eigenvalue weighted by molar-refractivity contribution is -0.0752. The molecule has 0 radical (unpaired) electrons. The molecular formula is C13H20O2. The highest BCUT2D eigenvalue weighted by molar-refractivity contribution is 5.30. The molecule has 3 rings (SSSR count). The number of allylic oxidation sites excluding steroid dienone is 1. The predicted molar refractivity (Wildman–Crippen MR) is 58.5 cm³/mol. The van der Waals surface area contributed by atoms with E-state index in [4.69, 9.17) is 4.74 Å². The molecule has 0 aromatic heterocycles. The van der Waals surface area contributed by atoms with Crippen LogP contribution in [0.4, 0.5) is 0 Å². The number of epoxide rings is 1. The predicted octanol–water partition coefficient (Wildman–Crippen LogP) is 2.27. The molecule has 2 bridgehead atoms. The van der Waals surface area contributed by atoms with Gasteiger partial charge in [-0.1, -0.05) is 25.5 Å². The van der Waals surface area contributed by atoms with Crippen molar-refractivity contribution in [1.82, 2.24) is 0 Å². The average molecular weight is 208 g/mol. The third-order valence-electron chi connectivity index (χ3n) is 4.70. The highest BCUT2D eigenvalue weighted by Gasteiger charge is 2.72. The summed E-state index contributed by atoms with van der Waals surface area (Å²) in [5.74, 6) is 0. The molecule has 1 saturated heterocycles. The van der Waals surface area contributed by atoms with Crippen LogP contribution in [0.15, 0.2) is 11.6 Å². The van der Waals surface area contributed by atoms with Gasteiger partial charge in [-0.05, 0) is 26.7 Å². The van der Waals surface area contributed by atoms with Crippen molar-refractivity contribution in [3.05, 3.63) is 11.6 Å². The normalized spacial score (nSPS) is 62.1. The van der Waals surface area contributed by atoms with Gasteiger partial charge < -0.3 is 9.84 Å². The van der Waals surface area contributed by atoms with Gasteiger partial charge in [-0.3, -0.25) is 0 Å². The van der Waals surface area contributed by atoms with E-state index >= 15 is 0 Å². The molecule has 0 amide bonds. The lowest BCUT2D eigenvalue weighted by Crippen LogP contribution is -2.56. The summed E-state index contributed by atoms with van der Waals surface area (Å²) in [6.07, 6.45) is 4.21. The first-order chi connectivity index (χ1) is 6.80. The van der Waals surface area contributed by atoms with Gasteiger partial charge in [-0.15, -0.1) is 0 Å². The zero-order valence-electron chi connectivity index (χ0n) is 10.0. The molecule has 5 atom stereocenters. The second kappa shape index (κ2) is 2.33. The fraction of sp³-hybridized carbons (Fsp3) is 0.846. The first-order valence-corrected chi connectivity index (χ1v) is 5.84. The zero-order valence-corrected chi connectivity index (χ0v) is 10.0. The summed E-state index contributed by atoms with van der Waals surface area (Å²) in [6, 6.07) is 0. The van der Waals surface area contributed by atoms with Gasteiger partial charge in [0.25, 0.3) is 0 Å². The maximum Gasteiger partial charge on any atom is 0.0952 e. The van der Waals surface area contributed by atoms with Crippen LogP contribution in [0.3, 0.4) is 0 Å². The number of ether oxygens (including phenoxy) is 1.